The van der Waals surface area contributed by atoms with Crippen molar-refractivity contribution in [3.63, 3.8) is 0 Å². The first-order valence-corrected chi connectivity index (χ1v) is 12.8. The zero-order valence-corrected chi connectivity index (χ0v) is 21.4. The number of hydrogen-bond donors (Lipinski definition) is 0. The fourth-order valence-corrected chi connectivity index (χ4v) is 4.83. The van der Waals surface area contributed by atoms with Crippen molar-refractivity contribution in [2.75, 3.05) is 20.8 Å². The molecule has 1 aliphatic heterocycles. The third kappa shape index (κ3) is 6.04. The molecule has 1 heterocycles. The van der Waals surface area contributed by atoms with Gasteiger partial charge in [-0.05, 0) is 54.7 Å². The summed E-state index contributed by atoms with van der Waals surface area (Å²) in [6.45, 7) is 4.99. The van der Waals surface area contributed by atoms with Gasteiger partial charge in [-0.1, -0.05) is 56.3 Å². The van der Waals surface area contributed by atoms with Crippen molar-refractivity contribution in [1.82, 2.24) is 9.80 Å². The molecule has 2 aliphatic rings. The van der Waals surface area contributed by atoms with Crippen LogP contribution in [0.1, 0.15) is 74.6 Å². The van der Waals surface area contributed by atoms with Crippen LogP contribution in [0.25, 0.3) is 0 Å². The Hall–Kier alpha value is -2.86. The van der Waals surface area contributed by atoms with Crippen molar-refractivity contribution in [2.45, 2.75) is 70.7 Å². The number of amides is 2. The molecule has 0 radical (unpaired) electrons. The molecule has 188 valence electrons. The SMILES string of the molecule is COc1ccccc1CN(C(=O)CC(C)C)C(C(=O)N(C)C1CCCO1)c1ccc(C2CC2)cc1. The van der Waals surface area contributed by atoms with E-state index < -0.39 is 6.04 Å². The number of carbonyl (C=O) groups is 2. The topological polar surface area (TPSA) is 59.1 Å². The zero-order valence-electron chi connectivity index (χ0n) is 21.4. The van der Waals surface area contributed by atoms with Crippen LogP contribution in [0.5, 0.6) is 5.75 Å². The molecule has 2 aromatic carbocycles. The highest BCUT2D eigenvalue weighted by Gasteiger charge is 2.37. The van der Waals surface area contributed by atoms with Gasteiger partial charge in [0.05, 0.1) is 13.7 Å². The number of nitrogens with zero attached hydrogens (tertiary/aromatic N) is 2. The normalized spacial score (nSPS) is 18.4. The second-order valence-corrected chi connectivity index (χ2v) is 10.2. The molecular formula is C29H38N2O4. The van der Waals surface area contributed by atoms with Gasteiger partial charge >= 0.3 is 0 Å². The highest BCUT2D eigenvalue weighted by molar-refractivity contribution is 5.89. The second kappa shape index (κ2) is 11.3. The third-order valence-corrected chi connectivity index (χ3v) is 6.97. The summed E-state index contributed by atoms with van der Waals surface area (Å²) in [6, 6.07) is 15.2. The molecule has 0 spiro atoms. The Kier molecular flexibility index (Phi) is 8.11. The number of methoxy groups -OCH3 is 1. The fourth-order valence-electron chi connectivity index (χ4n) is 4.83. The van der Waals surface area contributed by atoms with Crippen molar-refractivity contribution < 1.29 is 19.1 Å². The van der Waals surface area contributed by atoms with Crippen molar-refractivity contribution in [3.05, 3.63) is 65.2 Å². The van der Waals surface area contributed by atoms with Crippen LogP contribution in [0.3, 0.4) is 0 Å². The van der Waals surface area contributed by atoms with Crippen LogP contribution in [0.15, 0.2) is 48.5 Å². The fraction of sp³-hybridized carbons (Fsp3) is 0.517. The maximum absolute atomic E-state index is 14.1. The number of rotatable bonds is 10. The highest BCUT2D eigenvalue weighted by Crippen LogP contribution is 2.40. The van der Waals surface area contributed by atoms with E-state index >= 15 is 0 Å². The number of para-hydroxylation sites is 1. The maximum atomic E-state index is 14.1. The summed E-state index contributed by atoms with van der Waals surface area (Å²) in [5.41, 5.74) is 3.01. The second-order valence-electron chi connectivity index (χ2n) is 10.2. The molecular weight excluding hydrogens is 440 g/mol. The smallest absolute Gasteiger partial charge is 0.251 e. The molecule has 35 heavy (non-hydrogen) atoms. The van der Waals surface area contributed by atoms with Gasteiger partial charge in [-0.2, -0.15) is 0 Å². The van der Waals surface area contributed by atoms with Gasteiger partial charge in [0, 0.05) is 25.6 Å². The standard InChI is InChI=1S/C29H38N2O4/c1-20(2)18-26(32)31(19-24-8-5-6-9-25(24)34-4)28(29(33)30(3)27-10-7-17-35-27)23-15-13-22(14-16-23)21-11-12-21/h5-6,8-9,13-16,20-21,27-28H,7,10-12,17-19H2,1-4H3. The van der Waals surface area contributed by atoms with E-state index in [9.17, 15) is 9.59 Å². The highest BCUT2D eigenvalue weighted by atomic mass is 16.5. The Balaban J connectivity index is 1.74. The molecule has 2 amide bonds. The molecule has 1 saturated heterocycles. The van der Waals surface area contributed by atoms with Crippen LogP contribution in [-0.2, 0) is 20.9 Å². The minimum absolute atomic E-state index is 0.0451. The zero-order chi connectivity index (χ0) is 24.9. The summed E-state index contributed by atoms with van der Waals surface area (Å²) in [4.78, 5) is 31.2. The van der Waals surface area contributed by atoms with E-state index in [2.05, 4.69) is 12.1 Å². The van der Waals surface area contributed by atoms with E-state index in [-0.39, 0.29) is 30.5 Å². The van der Waals surface area contributed by atoms with Crippen molar-refractivity contribution >= 4 is 11.8 Å². The number of hydrogen-bond acceptors (Lipinski definition) is 4. The molecule has 4 rings (SSSR count). The predicted octanol–water partition coefficient (Wildman–Crippen LogP) is 5.28. The van der Waals surface area contributed by atoms with Crippen molar-refractivity contribution in [2.24, 2.45) is 5.92 Å². The molecule has 0 aromatic heterocycles. The predicted molar refractivity (Wildman–Crippen MR) is 136 cm³/mol. The lowest BCUT2D eigenvalue weighted by Crippen LogP contribution is -2.47. The van der Waals surface area contributed by atoms with E-state index in [4.69, 9.17) is 9.47 Å². The average molecular weight is 479 g/mol. The van der Waals surface area contributed by atoms with E-state index in [1.807, 2.05) is 50.2 Å². The minimum atomic E-state index is -0.742. The Morgan fingerprint density at radius 3 is 2.37 bits per heavy atom. The van der Waals surface area contributed by atoms with Gasteiger partial charge in [-0.25, -0.2) is 0 Å². The monoisotopic (exact) mass is 478 g/mol. The van der Waals surface area contributed by atoms with Gasteiger partial charge in [0.25, 0.3) is 5.91 Å². The largest absolute Gasteiger partial charge is 0.496 e. The molecule has 2 fully saturated rings. The first-order valence-electron chi connectivity index (χ1n) is 12.8. The van der Waals surface area contributed by atoms with Gasteiger partial charge in [-0.15, -0.1) is 0 Å². The van der Waals surface area contributed by atoms with Crippen LogP contribution in [0, 0.1) is 5.92 Å². The summed E-state index contributed by atoms with van der Waals surface area (Å²) in [5.74, 6) is 1.34. The van der Waals surface area contributed by atoms with Crippen LogP contribution in [-0.4, -0.2) is 48.6 Å². The summed E-state index contributed by atoms with van der Waals surface area (Å²) >= 11 is 0. The first-order chi connectivity index (χ1) is 16.9. The summed E-state index contributed by atoms with van der Waals surface area (Å²) in [6.07, 6.45) is 4.28. The summed E-state index contributed by atoms with van der Waals surface area (Å²) in [7, 11) is 3.42. The molecule has 1 aliphatic carbocycles. The summed E-state index contributed by atoms with van der Waals surface area (Å²) in [5, 5.41) is 0. The molecule has 6 heteroatoms. The molecule has 2 unspecified atom stereocenters. The quantitative estimate of drug-likeness (QED) is 0.466. The van der Waals surface area contributed by atoms with Crippen molar-refractivity contribution in [3.8, 4) is 5.75 Å². The lowest BCUT2D eigenvalue weighted by atomic mass is 9.98. The molecule has 1 saturated carbocycles. The van der Waals surface area contributed by atoms with Gasteiger partial charge in [0.1, 0.15) is 18.0 Å². The van der Waals surface area contributed by atoms with Gasteiger partial charge < -0.3 is 19.3 Å². The van der Waals surface area contributed by atoms with E-state index in [0.29, 0.717) is 24.7 Å². The molecule has 2 aromatic rings. The van der Waals surface area contributed by atoms with Gasteiger partial charge in [-0.3, -0.25) is 9.59 Å². The van der Waals surface area contributed by atoms with Crippen molar-refractivity contribution in [1.29, 1.82) is 0 Å². The first kappa shape index (κ1) is 25.2. The lowest BCUT2D eigenvalue weighted by molar-refractivity contribution is -0.153. The molecule has 6 nitrogen and oxygen atoms in total. The van der Waals surface area contributed by atoms with Gasteiger partial charge in [0.2, 0.25) is 5.91 Å². The minimum Gasteiger partial charge on any atom is -0.496 e. The van der Waals surface area contributed by atoms with E-state index in [0.717, 1.165) is 24.0 Å². The van der Waals surface area contributed by atoms with Crippen LogP contribution < -0.4 is 4.74 Å². The Bertz CT molecular complexity index is 1010. The van der Waals surface area contributed by atoms with E-state index in [1.54, 1.807) is 24.0 Å². The van der Waals surface area contributed by atoms with Crippen LogP contribution in [0.4, 0.5) is 0 Å². The maximum Gasteiger partial charge on any atom is 0.251 e. The average Bonchev–Trinajstić information content (AvgIpc) is 3.56. The molecule has 2 atom stereocenters. The number of ether oxygens (including phenoxy) is 2. The summed E-state index contributed by atoms with van der Waals surface area (Å²) < 4.78 is 11.4. The van der Waals surface area contributed by atoms with Crippen LogP contribution >= 0.6 is 0 Å². The van der Waals surface area contributed by atoms with Crippen LogP contribution in [0.2, 0.25) is 0 Å². The molecule has 0 N–H and O–H groups in total. The van der Waals surface area contributed by atoms with E-state index in [1.165, 1.54) is 18.4 Å². The lowest BCUT2D eigenvalue weighted by Gasteiger charge is -2.36. The number of likely N-dealkylation sites (N-methyl/N-ethyl adjacent to an activating group) is 1. The molecule has 0 bridgehead atoms. The third-order valence-electron chi connectivity index (χ3n) is 6.97. The Morgan fingerprint density at radius 1 is 1.06 bits per heavy atom. The van der Waals surface area contributed by atoms with Gasteiger partial charge in [0.15, 0.2) is 0 Å². The number of benzene rings is 2. The number of carbonyl (C=O) groups excluding carboxylic acids is 2. The Morgan fingerprint density at radius 2 is 1.77 bits per heavy atom. The Labute approximate surface area is 209 Å².